The lowest BCUT2D eigenvalue weighted by Gasteiger charge is -2.22. The molecule has 0 heterocycles. The second kappa shape index (κ2) is 6.36. The van der Waals surface area contributed by atoms with Crippen molar-refractivity contribution in [3.05, 3.63) is 70.8 Å². The van der Waals surface area contributed by atoms with Gasteiger partial charge in [-0.2, -0.15) is 5.26 Å². The fourth-order valence-corrected chi connectivity index (χ4v) is 2.51. The second-order valence-electron chi connectivity index (χ2n) is 5.20. The summed E-state index contributed by atoms with van der Waals surface area (Å²) in [6.45, 7) is 6.44. The Morgan fingerprint density at radius 2 is 1.75 bits per heavy atom. The van der Waals surface area contributed by atoms with E-state index in [4.69, 9.17) is 5.26 Å². The zero-order valence-electron chi connectivity index (χ0n) is 12.2. The molecule has 0 amide bonds. The lowest BCUT2D eigenvalue weighted by molar-refractivity contribution is 0.493. The van der Waals surface area contributed by atoms with Gasteiger partial charge >= 0.3 is 0 Å². The van der Waals surface area contributed by atoms with Gasteiger partial charge < -0.3 is 5.32 Å². The minimum Gasteiger partial charge on any atom is -0.304 e. The van der Waals surface area contributed by atoms with Gasteiger partial charge in [-0.25, -0.2) is 0 Å². The van der Waals surface area contributed by atoms with Gasteiger partial charge in [0.15, 0.2) is 0 Å². The van der Waals surface area contributed by atoms with Gasteiger partial charge in [0.1, 0.15) is 0 Å². The first-order valence-corrected chi connectivity index (χ1v) is 6.93. The van der Waals surface area contributed by atoms with Crippen LogP contribution < -0.4 is 5.32 Å². The molecule has 2 aromatic rings. The highest BCUT2D eigenvalue weighted by atomic mass is 14.9. The van der Waals surface area contributed by atoms with Crippen molar-refractivity contribution in [1.29, 1.82) is 5.26 Å². The van der Waals surface area contributed by atoms with Crippen LogP contribution in [0.4, 0.5) is 0 Å². The van der Waals surface area contributed by atoms with Gasteiger partial charge in [0, 0.05) is 12.1 Å². The SMILES string of the molecule is Cc1ccccc1[C@@H](C)NC(C)c1cccc(C#N)c1. The predicted octanol–water partition coefficient (Wildman–Crippen LogP) is 4.28. The number of rotatable bonds is 4. The normalized spacial score (nSPS) is 13.5. The lowest BCUT2D eigenvalue weighted by Crippen LogP contribution is -2.23. The van der Waals surface area contributed by atoms with E-state index in [2.05, 4.69) is 62.5 Å². The minimum atomic E-state index is 0.206. The van der Waals surface area contributed by atoms with Crippen molar-refractivity contribution in [1.82, 2.24) is 5.32 Å². The molecule has 0 saturated heterocycles. The third kappa shape index (κ3) is 3.26. The smallest absolute Gasteiger partial charge is 0.0991 e. The first kappa shape index (κ1) is 14.3. The van der Waals surface area contributed by atoms with Gasteiger partial charge in [-0.1, -0.05) is 36.4 Å². The van der Waals surface area contributed by atoms with Gasteiger partial charge in [0.05, 0.1) is 11.6 Å². The number of benzene rings is 2. The number of hydrogen-bond donors (Lipinski definition) is 1. The third-order valence-electron chi connectivity index (χ3n) is 3.67. The monoisotopic (exact) mass is 264 g/mol. The van der Waals surface area contributed by atoms with Crippen molar-refractivity contribution in [2.24, 2.45) is 0 Å². The molecule has 2 atom stereocenters. The topological polar surface area (TPSA) is 35.8 Å². The molecule has 0 saturated carbocycles. The first-order valence-electron chi connectivity index (χ1n) is 6.93. The standard InChI is InChI=1S/C18H20N2/c1-13-7-4-5-10-18(13)15(3)20-14(2)17-9-6-8-16(11-17)12-19/h4-11,14-15,20H,1-3H3/t14?,15-/m1/s1. The fraction of sp³-hybridized carbons (Fsp3) is 0.278. The summed E-state index contributed by atoms with van der Waals surface area (Å²) in [6, 6.07) is 18.9. The summed E-state index contributed by atoms with van der Waals surface area (Å²) in [4.78, 5) is 0. The summed E-state index contributed by atoms with van der Waals surface area (Å²) in [6.07, 6.45) is 0. The zero-order chi connectivity index (χ0) is 14.5. The van der Waals surface area contributed by atoms with Crippen LogP contribution in [0.2, 0.25) is 0 Å². The minimum absolute atomic E-state index is 0.206. The van der Waals surface area contributed by atoms with E-state index >= 15 is 0 Å². The number of nitrogens with one attached hydrogen (secondary N) is 1. The maximum atomic E-state index is 8.97. The van der Waals surface area contributed by atoms with Crippen molar-refractivity contribution in [2.45, 2.75) is 32.9 Å². The highest BCUT2D eigenvalue weighted by Gasteiger charge is 2.12. The average Bonchev–Trinajstić information content (AvgIpc) is 2.47. The molecular weight excluding hydrogens is 244 g/mol. The Kier molecular flexibility index (Phi) is 4.55. The Labute approximate surface area is 121 Å². The molecule has 0 bridgehead atoms. The predicted molar refractivity (Wildman–Crippen MR) is 82.3 cm³/mol. The Hall–Kier alpha value is -2.11. The van der Waals surface area contributed by atoms with Crippen LogP contribution in [0.15, 0.2) is 48.5 Å². The third-order valence-corrected chi connectivity index (χ3v) is 3.67. The van der Waals surface area contributed by atoms with Gasteiger partial charge in [0.25, 0.3) is 0 Å². The van der Waals surface area contributed by atoms with Crippen molar-refractivity contribution < 1.29 is 0 Å². The molecule has 0 radical (unpaired) electrons. The number of nitrogens with zero attached hydrogens (tertiary/aromatic N) is 1. The molecule has 102 valence electrons. The van der Waals surface area contributed by atoms with E-state index in [0.717, 1.165) is 5.56 Å². The summed E-state index contributed by atoms with van der Waals surface area (Å²) >= 11 is 0. The van der Waals surface area contributed by atoms with E-state index in [1.165, 1.54) is 11.1 Å². The fourth-order valence-electron chi connectivity index (χ4n) is 2.51. The van der Waals surface area contributed by atoms with Crippen LogP contribution in [0.1, 0.15) is 48.2 Å². The summed E-state index contributed by atoms with van der Waals surface area (Å²) in [5, 5.41) is 12.6. The summed E-state index contributed by atoms with van der Waals surface area (Å²) in [5.41, 5.74) is 4.46. The Morgan fingerprint density at radius 1 is 1.00 bits per heavy atom. The molecule has 1 N–H and O–H groups in total. The van der Waals surface area contributed by atoms with Crippen LogP contribution in [0.5, 0.6) is 0 Å². The quantitative estimate of drug-likeness (QED) is 0.894. The van der Waals surface area contributed by atoms with Crippen LogP contribution in [-0.2, 0) is 0 Å². The molecule has 2 rings (SSSR count). The summed E-state index contributed by atoms with van der Waals surface area (Å²) in [5.74, 6) is 0. The van der Waals surface area contributed by atoms with Gasteiger partial charge in [0.2, 0.25) is 0 Å². The van der Waals surface area contributed by atoms with Crippen molar-refractivity contribution in [3.63, 3.8) is 0 Å². The van der Waals surface area contributed by atoms with Gasteiger partial charge in [-0.05, 0) is 49.6 Å². The molecule has 20 heavy (non-hydrogen) atoms. The van der Waals surface area contributed by atoms with E-state index in [0.29, 0.717) is 5.56 Å². The van der Waals surface area contributed by atoms with E-state index < -0.39 is 0 Å². The molecule has 2 nitrogen and oxygen atoms in total. The van der Waals surface area contributed by atoms with E-state index in [-0.39, 0.29) is 12.1 Å². The zero-order valence-corrected chi connectivity index (χ0v) is 12.2. The maximum Gasteiger partial charge on any atom is 0.0991 e. The molecule has 0 spiro atoms. The number of hydrogen-bond acceptors (Lipinski definition) is 2. The summed E-state index contributed by atoms with van der Waals surface area (Å²) in [7, 11) is 0. The van der Waals surface area contributed by atoms with Gasteiger partial charge in [-0.3, -0.25) is 0 Å². The number of nitriles is 1. The van der Waals surface area contributed by atoms with Crippen LogP contribution in [0, 0.1) is 18.3 Å². The molecular formula is C18H20N2. The van der Waals surface area contributed by atoms with Crippen molar-refractivity contribution in [3.8, 4) is 6.07 Å². The molecule has 0 fully saturated rings. The average molecular weight is 264 g/mol. The summed E-state index contributed by atoms with van der Waals surface area (Å²) < 4.78 is 0. The maximum absolute atomic E-state index is 8.97. The molecule has 0 aromatic heterocycles. The largest absolute Gasteiger partial charge is 0.304 e. The second-order valence-corrected chi connectivity index (χ2v) is 5.20. The van der Waals surface area contributed by atoms with Crippen LogP contribution in [-0.4, -0.2) is 0 Å². The molecule has 1 unspecified atom stereocenters. The molecule has 0 aliphatic carbocycles. The number of aryl methyl sites for hydroxylation is 1. The molecule has 2 heteroatoms. The molecule has 0 aliphatic rings. The van der Waals surface area contributed by atoms with Gasteiger partial charge in [-0.15, -0.1) is 0 Å². The van der Waals surface area contributed by atoms with Crippen molar-refractivity contribution in [2.75, 3.05) is 0 Å². The highest BCUT2D eigenvalue weighted by molar-refractivity contribution is 5.34. The molecule has 0 aliphatic heterocycles. The Balaban J connectivity index is 2.13. The lowest BCUT2D eigenvalue weighted by atomic mass is 10.00. The van der Waals surface area contributed by atoms with E-state index in [1.54, 1.807) is 0 Å². The Bertz CT molecular complexity index is 625. The van der Waals surface area contributed by atoms with E-state index in [9.17, 15) is 0 Å². The van der Waals surface area contributed by atoms with Crippen LogP contribution in [0.3, 0.4) is 0 Å². The molecule has 2 aromatic carbocycles. The van der Waals surface area contributed by atoms with Crippen molar-refractivity contribution >= 4 is 0 Å². The Morgan fingerprint density at radius 3 is 2.45 bits per heavy atom. The first-order chi connectivity index (χ1) is 9.61. The van der Waals surface area contributed by atoms with E-state index in [1.807, 2.05) is 18.2 Å². The van der Waals surface area contributed by atoms with Crippen LogP contribution >= 0.6 is 0 Å². The highest BCUT2D eigenvalue weighted by Crippen LogP contribution is 2.22. The van der Waals surface area contributed by atoms with Crippen LogP contribution in [0.25, 0.3) is 0 Å².